The Kier molecular flexibility index (Phi) is 3.67. The van der Waals surface area contributed by atoms with E-state index < -0.39 is 17.4 Å². The average molecular weight is 353 g/mol. The number of likely N-dealkylation sites (tertiary alicyclic amines) is 1. The van der Waals surface area contributed by atoms with Crippen molar-refractivity contribution in [3.8, 4) is 0 Å². The van der Waals surface area contributed by atoms with E-state index in [1.807, 2.05) is 47.4 Å². The lowest BCUT2D eigenvalue weighted by molar-refractivity contribution is -0.155. The summed E-state index contributed by atoms with van der Waals surface area (Å²) in [6.07, 6.45) is 8.09. The van der Waals surface area contributed by atoms with Crippen molar-refractivity contribution in [2.24, 2.45) is 11.8 Å². The molecule has 2 saturated heterocycles. The van der Waals surface area contributed by atoms with Gasteiger partial charge in [-0.25, -0.2) is 0 Å². The number of fused-ring (bicyclic) bond motifs is 1. The monoisotopic (exact) mass is 353 g/mol. The van der Waals surface area contributed by atoms with Gasteiger partial charge in [-0.05, 0) is 18.4 Å². The number of amides is 1. The highest BCUT2D eigenvalue weighted by Crippen LogP contribution is 2.53. The molecule has 0 radical (unpaired) electrons. The van der Waals surface area contributed by atoms with Crippen LogP contribution in [0.4, 0.5) is 0 Å². The van der Waals surface area contributed by atoms with Crippen LogP contribution in [0.25, 0.3) is 0 Å². The highest BCUT2D eigenvalue weighted by Gasteiger charge is 2.67. The Bertz CT molecular complexity index is 755. The number of hydrogen-bond donors (Lipinski definition) is 0. The van der Waals surface area contributed by atoms with Crippen LogP contribution in [0.15, 0.2) is 42.5 Å². The summed E-state index contributed by atoms with van der Waals surface area (Å²) in [6, 6.07) is 9.92. The molecule has 0 unspecified atom stereocenters. The lowest BCUT2D eigenvalue weighted by Gasteiger charge is -2.26. The molecule has 4 atom stereocenters. The van der Waals surface area contributed by atoms with Crippen LogP contribution in [0, 0.1) is 11.8 Å². The number of carbonyl (C=O) groups excluding carboxylic acids is 2. The van der Waals surface area contributed by atoms with Crippen LogP contribution in [-0.2, 0) is 25.7 Å². The Morgan fingerprint density at radius 3 is 2.77 bits per heavy atom. The summed E-state index contributed by atoms with van der Waals surface area (Å²) >= 11 is 0. The van der Waals surface area contributed by atoms with Crippen molar-refractivity contribution in [3.63, 3.8) is 0 Å². The van der Waals surface area contributed by atoms with E-state index in [4.69, 9.17) is 9.47 Å². The minimum absolute atomic E-state index is 0.0745. The highest BCUT2D eigenvalue weighted by molar-refractivity contribution is 5.91. The van der Waals surface area contributed by atoms with Gasteiger partial charge in [0.1, 0.15) is 18.1 Å². The Morgan fingerprint density at radius 2 is 2.00 bits per heavy atom. The maximum absolute atomic E-state index is 13.2. The third kappa shape index (κ3) is 2.33. The SMILES string of the molecule is O=C(OCc1ccccc1)[C@H]1[C@H]2C(=O)N(C3CCCC3)C[C@@]23C=C[C@H]1O3. The van der Waals surface area contributed by atoms with Gasteiger partial charge in [0, 0.05) is 6.04 Å². The minimum atomic E-state index is -0.624. The predicted molar refractivity (Wildman–Crippen MR) is 93.9 cm³/mol. The second kappa shape index (κ2) is 5.95. The van der Waals surface area contributed by atoms with Crippen LogP contribution < -0.4 is 0 Å². The third-order valence-electron chi connectivity index (χ3n) is 6.39. The molecule has 136 valence electrons. The van der Waals surface area contributed by atoms with Gasteiger partial charge in [0.15, 0.2) is 0 Å². The third-order valence-corrected chi connectivity index (χ3v) is 6.39. The number of ether oxygens (including phenoxy) is 2. The molecule has 1 aliphatic carbocycles. The Labute approximate surface area is 153 Å². The van der Waals surface area contributed by atoms with E-state index in [2.05, 4.69) is 0 Å². The van der Waals surface area contributed by atoms with Crippen LogP contribution in [0.1, 0.15) is 31.2 Å². The van der Waals surface area contributed by atoms with E-state index >= 15 is 0 Å². The van der Waals surface area contributed by atoms with E-state index in [0.29, 0.717) is 12.6 Å². The first-order valence-electron chi connectivity index (χ1n) is 9.56. The molecule has 1 spiro atoms. The summed E-state index contributed by atoms with van der Waals surface area (Å²) < 4.78 is 11.7. The molecule has 5 nitrogen and oxygen atoms in total. The topological polar surface area (TPSA) is 55.8 Å². The molecule has 4 aliphatic rings. The summed E-state index contributed by atoms with van der Waals surface area (Å²) in [4.78, 5) is 27.9. The maximum atomic E-state index is 13.2. The molecule has 1 aromatic carbocycles. The lowest BCUT2D eigenvalue weighted by Crippen LogP contribution is -2.41. The first kappa shape index (κ1) is 16.1. The number of hydrogen-bond acceptors (Lipinski definition) is 4. The standard InChI is InChI=1S/C21H23NO4/c23-19-18-17(20(24)25-12-14-6-2-1-3-7-14)16-10-11-21(18,26-16)13-22(19)15-8-4-5-9-15/h1-3,6-7,10-11,15-18H,4-5,8-9,12-13H2/t16-,17-,18+,21+/m1/s1. The van der Waals surface area contributed by atoms with Crippen molar-refractivity contribution < 1.29 is 19.1 Å². The summed E-state index contributed by atoms with van der Waals surface area (Å²) in [5, 5.41) is 0. The van der Waals surface area contributed by atoms with E-state index in [0.717, 1.165) is 18.4 Å². The first-order chi connectivity index (χ1) is 12.7. The van der Waals surface area contributed by atoms with Crippen LogP contribution in [0.2, 0.25) is 0 Å². The number of carbonyl (C=O) groups is 2. The van der Waals surface area contributed by atoms with E-state index in [-0.39, 0.29) is 24.6 Å². The van der Waals surface area contributed by atoms with Crippen LogP contribution in [-0.4, -0.2) is 41.1 Å². The van der Waals surface area contributed by atoms with Crippen molar-refractivity contribution >= 4 is 11.9 Å². The van der Waals surface area contributed by atoms with Crippen molar-refractivity contribution in [1.82, 2.24) is 4.90 Å². The van der Waals surface area contributed by atoms with Crippen molar-refractivity contribution in [1.29, 1.82) is 0 Å². The van der Waals surface area contributed by atoms with E-state index in [9.17, 15) is 9.59 Å². The van der Waals surface area contributed by atoms with E-state index in [1.165, 1.54) is 12.8 Å². The van der Waals surface area contributed by atoms with Gasteiger partial charge in [-0.1, -0.05) is 55.3 Å². The molecular formula is C21H23NO4. The molecule has 3 fully saturated rings. The zero-order valence-corrected chi connectivity index (χ0v) is 14.7. The molecule has 1 aromatic rings. The fraction of sp³-hybridized carbons (Fsp3) is 0.524. The second-order valence-electron chi connectivity index (χ2n) is 7.90. The van der Waals surface area contributed by atoms with Gasteiger partial charge in [-0.15, -0.1) is 0 Å². The van der Waals surface area contributed by atoms with Gasteiger partial charge < -0.3 is 14.4 Å². The van der Waals surface area contributed by atoms with Crippen LogP contribution in [0.5, 0.6) is 0 Å². The molecule has 1 saturated carbocycles. The molecule has 5 heteroatoms. The fourth-order valence-electron chi connectivity index (χ4n) is 5.15. The van der Waals surface area contributed by atoms with Gasteiger partial charge in [0.05, 0.1) is 18.6 Å². The van der Waals surface area contributed by atoms with Crippen molar-refractivity contribution in [3.05, 3.63) is 48.0 Å². The smallest absolute Gasteiger partial charge is 0.313 e. The number of nitrogens with zero attached hydrogens (tertiary/aromatic N) is 1. The first-order valence-corrected chi connectivity index (χ1v) is 9.56. The highest BCUT2D eigenvalue weighted by atomic mass is 16.6. The predicted octanol–water partition coefficient (Wildman–Crippen LogP) is 2.45. The summed E-state index contributed by atoms with van der Waals surface area (Å²) in [5.74, 6) is -1.20. The molecule has 5 rings (SSSR count). The van der Waals surface area contributed by atoms with E-state index in [1.54, 1.807) is 0 Å². The molecule has 3 heterocycles. The summed E-state index contributed by atoms with van der Waals surface area (Å²) in [6.45, 7) is 0.809. The van der Waals surface area contributed by atoms with Gasteiger partial charge in [-0.2, -0.15) is 0 Å². The lowest BCUT2D eigenvalue weighted by atomic mass is 9.77. The molecule has 3 aliphatic heterocycles. The fourth-order valence-corrected chi connectivity index (χ4v) is 5.15. The van der Waals surface area contributed by atoms with Gasteiger partial charge in [-0.3, -0.25) is 9.59 Å². The molecular weight excluding hydrogens is 330 g/mol. The summed E-state index contributed by atoms with van der Waals surface area (Å²) in [7, 11) is 0. The Morgan fingerprint density at radius 1 is 1.23 bits per heavy atom. The maximum Gasteiger partial charge on any atom is 0.313 e. The zero-order chi connectivity index (χ0) is 17.7. The Hall–Kier alpha value is -2.14. The van der Waals surface area contributed by atoms with Gasteiger partial charge in [0.2, 0.25) is 5.91 Å². The molecule has 0 N–H and O–H groups in total. The van der Waals surface area contributed by atoms with Crippen molar-refractivity contribution in [2.45, 2.75) is 50.0 Å². The normalized spacial score (nSPS) is 35.3. The molecule has 26 heavy (non-hydrogen) atoms. The summed E-state index contributed by atoms with van der Waals surface area (Å²) in [5.41, 5.74) is 0.321. The van der Waals surface area contributed by atoms with Gasteiger partial charge in [0.25, 0.3) is 0 Å². The number of esters is 1. The Balaban J connectivity index is 1.34. The molecule has 2 bridgehead atoms. The largest absolute Gasteiger partial charge is 0.460 e. The second-order valence-corrected chi connectivity index (χ2v) is 7.90. The van der Waals surface area contributed by atoms with Crippen LogP contribution in [0.3, 0.4) is 0 Å². The van der Waals surface area contributed by atoms with Crippen LogP contribution >= 0.6 is 0 Å². The zero-order valence-electron chi connectivity index (χ0n) is 14.7. The average Bonchev–Trinajstić information content (AvgIpc) is 3.42. The number of rotatable bonds is 4. The number of benzene rings is 1. The molecule has 1 amide bonds. The minimum Gasteiger partial charge on any atom is -0.460 e. The molecule has 0 aromatic heterocycles. The quantitative estimate of drug-likeness (QED) is 0.616. The van der Waals surface area contributed by atoms with Crippen molar-refractivity contribution in [2.75, 3.05) is 6.54 Å². The van der Waals surface area contributed by atoms with Gasteiger partial charge >= 0.3 is 5.97 Å².